The molecular formula is C13H15N5O3S. The molecule has 9 heteroatoms. The smallest absolute Gasteiger partial charge is 0.229 e. The highest BCUT2D eigenvalue weighted by molar-refractivity contribution is 7.89. The average molecular weight is 321 g/mol. The Labute approximate surface area is 127 Å². The Kier molecular flexibility index (Phi) is 3.45. The quantitative estimate of drug-likeness (QED) is 0.847. The van der Waals surface area contributed by atoms with Gasteiger partial charge in [-0.1, -0.05) is 0 Å². The summed E-state index contributed by atoms with van der Waals surface area (Å²) in [5, 5.41) is 8.61. The van der Waals surface area contributed by atoms with E-state index in [9.17, 15) is 13.2 Å². The van der Waals surface area contributed by atoms with E-state index in [0.717, 1.165) is 5.56 Å². The first-order valence-electron chi connectivity index (χ1n) is 6.62. The number of sulfonamides is 1. The second kappa shape index (κ2) is 5.18. The van der Waals surface area contributed by atoms with Crippen molar-refractivity contribution < 1.29 is 13.2 Å². The summed E-state index contributed by atoms with van der Waals surface area (Å²) in [6.45, 7) is 0.0453. The van der Waals surface area contributed by atoms with Gasteiger partial charge in [-0.2, -0.15) is 5.10 Å². The molecule has 0 aliphatic carbocycles. The van der Waals surface area contributed by atoms with E-state index in [2.05, 4.69) is 10.1 Å². The lowest BCUT2D eigenvalue weighted by atomic mass is 10.2. The summed E-state index contributed by atoms with van der Waals surface area (Å²) < 4.78 is 24.4. The van der Waals surface area contributed by atoms with Gasteiger partial charge < -0.3 is 0 Å². The molecule has 2 aromatic heterocycles. The number of pyridine rings is 1. The number of nitrogens with two attached hydrogens (primary N) is 1. The molecule has 8 nitrogen and oxygen atoms in total. The van der Waals surface area contributed by atoms with Gasteiger partial charge in [0, 0.05) is 44.0 Å². The van der Waals surface area contributed by atoms with Gasteiger partial charge >= 0.3 is 0 Å². The molecule has 3 rings (SSSR count). The molecule has 2 aromatic rings. The van der Waals surface area contributed by atoms with E-state index in [-0.39, 0.29) is 18.9 Å². The van der Waals surface area contributed by atoms with Crippen LogP contribution < -0.4 is 10.0 Å². The monoisotopic (exact) mass is 321 g/mol. The van der Waals surface area contributed by atoms with Crippen molar-refractivity contribution in [3.8, 4) is 11.3 Å². The summed E-state index contributed by atoms with van der Waals surface area (Å²) in [6.07, 6.45) is 3.23. The van der Waals surface area contributed by atoms with E-state index >= 15 is 0 Å². The lowest BCUT2D eigenvalue weighted by molar-refractivity contribution is -0.117. The van der Waals surface area contributed by atoms with Gasteiger partial charge in [-0.25, -0.2) is 13.6 Å². The van der Waals surface area contributed by atoms with Crippen LogP contribution in [0.3, 0.4) is 0 Å². The van der Waals surface area contributed by atoms with Crippen molar-refractivity contribution in [2.45, 2.75) is 11.7 Å². The zero-order valence-corrected chi connectivity index (χ0v) is 12.7. The zero-order chi connectivity index (χ0) is 15.9. The lowest BCUT2D eigenvalue weighted by Gasteiger charge is -2.15. The largest absolute Gasteiger partial charge is 0.296 e. The third kappa shape index (κ3) is 2.60. The van der Waals surface area contributed by atoms with Crippen molar-refractivity contribution in [3.63, 3.8) is 0 Å². The van der Waals surface area contributed by atoms with Crippen molar-refractivity contribution in [1.29, 1.82) is 0 Å². The van der Waals surface area contributed by atoms with E-state index in [4.69, 9.17) is 5.14 Å². The second-order valence-electron chi connectivity index (χ2n) is 5.17. The Hall–Kier alpha value is -2.26. The predicted octanol–water partition coefficient (Wildman–Crippen LogP) is -0.124. The molecule has 1 atom stereocenters. The van der Waals surface area contributed by atoms with Gasteiger partial charge in [0.15, 0.2) is 0 Å². The molecule has 0 spiro atoms. The highest BCUT2D eigenvalue weighted by Crippen LogP contribution is 2.27. The first-order valence-corrected chi connectivity index (χ1v) is 8.23. The van der Waals surface area contributed by atoms with E-state index in [0.29, 0.717) is 11.5 Å². The Bertz CT molecular complexity index is 815. The Morgan fingerprint density at radius 2 is 2.18 bits per heavy atom. The van der Waals surface area contributed by atoms with Gasteiger partial charge in [-0.05, 0) is 12.1 Å². The molecule has 1 unspecified atom stereocenters. The number of rotatable bonds is 3. The van der Waals surface area contributed by atoms with Crippen LogP contribution >= 0.6 is 0 Å². The molecule has 1 fully saturated rings. The first kappa shape index (κ1) is 14.7. The van der Waals surface area contributed by atoms with Crippen molar-refractivity contribution in [2.75, 3.05) is 11.4 Å². The number of anilines is 1. The fourth-order valence-electron chi connectivity index (χ4n) is 2.48. The summed E-state index contributed by atoms with van der Waals surface area (Å²) >= 11 is 0. The van der Waals surface area contributed by atoms with Crippen LogP contribution in [0.4, 0.5) is 5.82 Å². The third-order valence-electron chi connectivity index (χ3n) is 3.64. The highest BCUT2D eigenvalue weighted by atomic mass is 32.2. The first-order chi connectivity index (χ1) is 10.4. The third-order valence-corrected chi connectivity index (χ3v) is 4.89. The lowest BCUT2D eigenvalue weighted by Crippen LogP contribution is -2.32. The number of carbonyl (C=O) groups excluding carboxylic acids is 1. The minimum Gasteiger partial charge on any atom is -0.296 e. The van der Waals surface area contributed by atoms with Gasteiger partial charge in [0.2, 0.25) is 15.9 Å². The molecule has 22 heavy (non-hydrogen) atoms. The van der Waals surface area contributed by atoms with Crippen molar-refractivity contribution in [3.05, 3.63) is 30.6 Å². The van der Waals surface area contributed by atoms with E-state index in [1.54, 1.807) is 36.3 Å². The molecule has 116 valence electrons. The number of amides is 1. The molecule has 1 aliphatic heterocycles. The topological polar surface area (TPSA) is 111 Å². The number of nitrogens with zero attached hydrogens (tertiary/aromatic N) is 4. The summed E-state index contributed by atoms with van der Waals surface area (Å²) in [6, 6.07) is 5.39. The predicted molar refractivity (Wildman–Crippen MR) is 80.3 cm³/mol. The Morgan fingerprint density at radius 3 is 2.77 bits per heavy atom. The molecule has 1 saturated heterocycles. The zero-order valence-electron chi connectivity index (χ0n) is 11.9. The highest BCUT2D eigenvalue weighted by Gasteiger charge is 2.38. The molecule has 3 heterocycles. The van der Waals surface area contributed by atoms with Crippen LogP contribution in [-0.4, -0.2) is 40.9 Å². The average Bonchev–Trinajstić information content (AvgIpc) is 3.02. The second-order valence-corrected chi connectivity index (χ2v) is 7.02. The van der Waals surface area contributed by atoms with Crippen LogP contribution in [0.15, 0.2) is 30.6 Å². The van der Waals surface area contributed by atoms with Gasteiger partial charge in [-0.15, -0.1) is 0 Å². The van der Waals surface area contributed by atoms with E-state index < -0.39 is 15.3 Å². The number of primary sulfonamides is 1. The van der Waals surface area contributed by atoms with Crippen LogP contribution in [0.1, 0.15) is 6.42 Å². The van der Waals surface area contributed by atoms with Crippen LogP contribution in [0.5, 0.6) is 0 Å². The molecule has 0 saturated carbocycles. The number of aromatic nitrogens is 3. The van der Waals surface area contributed by atoms with E-state index in [1.165, 1.54) is 4.90 Å². The summed E-state index contributed by atoms with van der Waals surface area (Å²) in [4.78, 5) is 17.5. The van der Waals surface area contributed by atoms with Gasteiger partial charge in [0.1, 0.15) is 11.1 Å². The van der Waals surface area contributed by atoms with Crippen LogP contribution in [0.2, 0.25) is 0 Å². The fourth-order valence-corrected chi connectivity index (χ4v) is 3.21. The standard InChI is InChI=1S/C13H15N5O3S/c1-17-12(6-11(16-17)9-3-2-4-15-7-9)18-8-10(5-13(18)19)22(14,20)21/h2-4,6-7,10H,5,8H2,1H3,(H2,14,20,21). The Morgan fingerprint density at radius 1 is 1.41 bits per heavy atom. The summed E-state index contributed by atoms with van der Waals surface area (Å²) in [5.41, 5.74) is 1.48. The van der Waals surface area contributed by atoms with Crippen molar-refractivity contribution >= 4 is 21.7 Å². The van der Waals surface area contributed by atoms with Crippen molar-refractivity contribution in [1.82, 2.24) is 14.8 Å². The maximum atomic E-state index is 12.1. The number of hydrogen-bond donors (Lipinski definition) is 1. The summed E-state index contributed by atoms with van der Waals surface area (Å²) in [5.74, 6) is 0.259. The number of carbonyl (C=O) groups is 1. The van der Waals surface area contributed by atoms with Crippen LogP contribution in [0.25, 0.3) is 11.3 Å². The molecule has 1 aliphatic rings. The van der Waals surface area contributed by atoms with Gasteiger partial charge in [-0.3, -0.25) is 19.4 Å². The maximum absolute atomic E-state index is 12.1. The SMILES string of the molecule is Cn1nc(-c2cccnc2)cc1N1CC(S(N)(=O)=O)CC1=O. The Balaban J connectivity index is 1.93. The maximum Gasteiger partial charge on any atom is 0.229 e. The fraction of sp³-hybridized carbons (Fsp3) is 0.308. The van der Waals surface area contributed by atoms with Crippen LogP contribution in [0, 0.1) is 0 Å². The van der Waals surface area contributed by atoms with Gasteiger partial charge in [0.05, 0.1) is 5.69 Å². The summed E-state index contributed by atoms with van der Waals surface area (Å²) in [7, 11) is -2.04. The molecule has 0 radical (unpaired) electrons. The normalized spacial score (nSPS) is 18.9. The molecule has 2 N–H and O–H groups in total. The van der Waals surface area contributed by atoms with Gasteiger partial charge in [0.25, 0.3) is 0 Å². The minimum absolute atomic E-state index is 0.0453. The van der Waals surface area contributed by atoms with Crippen molar-refractivity contribution in [2.24, 2.45) is 12.2 Å². The number of aryl methyl sites for hydroxylation is 1. The molecular weight excluding hydrogens is 306 g/mol. The molecule has 0 aromatic carbocycles. The molecule has 0 bridgehead atoms. The minimum atomic E-state index is -3.74. The number of hydrogen-bond acceptors (Lipinski definition) is 5. The van der Waals surface area contributed by atoms with E-state index in [1.807, 2.05) is 6.07 Å². The van der Waals surface area contributed by atoms with Crippen LogP contribution in [-0.2, 0) is 21.9 Å². The molecule has 1 amide bonds.